The maximum atomic E-state index is 13.4. The maximum absolute atomic E-state index is 13.4. The zero-order chi connectivity index (χ0) is 24.7. The van der Waals surface area contributed by atoms with Gasteiger partial charge in [-0.1, -0.05) is 36.4 Å². The van der Waals surface area contributed by atoms with Crippen molar-refractivity contribution in [2.24, 2.45) is 0 Å². The van der Waals surface area contributed by atoms with E-state index in [9.17, 15) is 14.7 Å². The Morgan fingerprint density at radius 1 is 1.08 bits per heavy atom. The van der Waals surface area contributed by atoms with Gasteiger partial charge in [-0.05, 0) is 31.5 Å². The molecule has 0 spiro atoms. The van der Waals surface area contributed by atoms with Crippen molar-refractivity contribution in [2.45, 2.75) is 43.9 Å². The van der Waals surface area contributed by atoms with Crippen LogP contribution in [0.2, 0.25) is 0 Å². The number of benzene rings is 3. The number of ether oxygens (including phenoxy) is 2. The normalized spacial score (nSPS) is 28.4. The number of esters is 1. The molecule has 5 heterocycles. The Kier molecular flexibility index (Phi) is 3.44. The predicted octanol–water partition coefficient (Wildman–Crippen LogP) is 4.22. The lowest BCUT2D eigenvalue weighted by Crippen LogP contribution is -2.56. The second kappa shape index (κ2) is 6.08. The third kappa shape index (κ3) is 1.93. The molecule has 8 rings (SSSR count). The van der Waals surface area contributed by atoms with Crippen LogP contribution in [0.3, 0.4) is 0 Å². The molecule has 2 aromatic heterocycles. The molecule has 0 saturated carbocycles. The van der Waals surface area contributed by atoms with Crippen LogP contribution in [0.15, 0.2) is 48.5 Å². The van der Waals surface area contributed by atoms with Gasteiger partial charge >= 0.3 is 5.97 Å². The van der Waals surface area contributed by atoms with Crippen LogP contribution in [-0.2, 0) is 20.0 Å². The number of aromatic nitrogens is 2. The molecular formula is C28H23N3O5. The van der Waals surface area contributed by atoms with Gasteiger partial charge in [0.05, 0.1) is 40.8 Å². The summed E-state index contributed by atoms with van der Waals surface area (Å²) in [5, 5.41) is 18.8. The highest BCUT2D eigenvalue weighted by Crippen LogP contribution is 2.58. The van der Waals surface area contributed by atoms with E-state index < -0.39 is 23.5 Å². The average molecular weight is 482 g/mol. The summed E-state index contributed by atoms with van der Waals surface area (Å²) < 4.78 is 15.9. The lowest BCUT2D eigenvalue weighted by Gasteiger charge is -2.37. The van der Waals surface area contributed by atoms with E-state index in [2.05, 4.69) is 9.88 Å². The zero-order valence-electron chi connectivity index (χ0n) is 20.0. The Bertz CT molecular complexity index is 1870. The zero-order valence-corrected chi connectivity index (χ0v) is 20.0. The van der Waals surface area contributed by atoms with Crippen molar-refractivity contribution in [1.29, 1.82) is 0 Å². The smallest absolute Gasteiger partial charge is 0.343 e. The number of carbonyl (C=O) groups is 2. The van der Waals surface area contributed by atoms with E-state index in [4.69, 9.17) is 9.47 Å². The number of aliphatic hydroxyl groups is 1. The van der Waals surface area contributed by atoms with Crippen LogP contribution in [0.1, 0.15) is 48.5 Å². The van der Waals surface area contributed by atoms with E-state index in [-0.39, 0.29) is 18.4 Å². The molecule has 1 amide bonds. The van der Waals surface area contributed by atoms with Crippen molar-refractivity contribution in [1.82, 2.24) is 14.5 Å². The Morgan fingerprint density at radius 2 is 1.75 bits per heavy atom. The van der Waals surface area contributed by atoms with Crippen LogP contribution in [0.25, 0.3) is 43.6 Å². The number of fused-ring (bicyclic) bond motifs is 13. The van der Waals surface area contributed by atoms with Crippen molar-refractivity contribution in [3.8, 4) is 0 Å². The molecule has 0 aliphatic carbocycles. The van der Waals surface area contributed by atoms with Gasteiger partial charge in [0.15, 0.2) is 5.72 Å². The standard InChI is InChI=1S/C28H23N3O5/c1-13-19-20-15-9-5-7-11-17(15)31-24(20)23-21(22(19)25(32)29-13)14-8-4-6-10-16(14)30(23)18-12-28(34,26(33)35-3)27(31,2)36-18/h4-11,13,18,34H,12H2,1-3H3,(H,29,32)/t13-,18-,27+,28+/m1/s1. The van der Waals surface area contributed by atoms with Gasteiger partial charge in [0.25, 0.3) is 5.91 Å². The third-order valence-electron chi connectivity index (χ3n) is 8.65. The second-order valence-corrected chi connectivity index (χ2v) is 10.3. The highest BCUT2D eigenvalue weighted by Gasteiger charge is 2.65. The largest absolute Gasteiger partial charge is 0.467 e. The second-order valence-electron chi connectivity index (χ2n) is 10.3. The molecular weight excluding hydrogens is 458 g/mol. The number of carbonyl (C=O) groups excluding carboxylic acids is 2. The Hall–Kier alpha value is -3.88. The summed E-state index contributed by atoms with van der Waals surface area (Å²) in [4.78, 5) is 26.6. The van der Waals surface area contributed by atoms with Crippen molar-refractivity contribution in [2.75, 3.05) is 7.11 Å². The van der Waals surface area contributed by atoms with Gasteiger partial charge in [0.2, 0.25) is 5.60 Å². The maximum Gasteiger partial charge on any atom is 0.343 e. The van der Waals surface area contributed by atoms with Crippen molar-refractivity contribution in [3.05, 3.63) is 59.7 Å². The highest BCUT2D eigenvalue weighted by atomic mass is 16.6. The van der Waals surface area contributed by atoms with Crippen molar-refractivity contribution in [3.63, 3.8) is 0 Å². The minimum absolute atomic E-state index is 0.0110. The van der Waals surface area contributed by atoms with Crippen molar-refractivity contribution < 1.29 is 24.2 Å². The molecule has 36 heavy (non-hydrogen) atoms. The van der Waals surface area contributed by atoms with Crippen molar-refractivity contribution >= 4 is 55.5 Å². The summed E-state index contributed by atoms with van der Waals surface area (Å²) >= 11 is 0. The monoisotopic (exact) mass is 481 g/mol. The fourth-order valence-corrected chi connectivity index (χ4v) is 7.17. The lowest BCUT2D eigenvalue weighted by atomic mass is 9.88. The first-order valence-electron chi connectivity index (χ1n) is 12.1. The summed E-state index contributed by atoms with van der Waals surface area (Å²) in [7, 11) is 1.28. The molecule has 5 aromatic rings. The first-order valence-corrected chi connectivity index (χ1v) is 12.1. The van der Waals surface area contributed by atoms with Crippen LogP contribution < -0.4 is 5.32 Å². The summed E-state index contributed by atoms with van der Waals surface area (Å²) in [5.74, 6) is -0.826. The quantitative estimate of drug-likeness (QED) is 0.350. The van der Waals surface area contributed by atoms with E-state index in [1.807, 2.05) is 60.0 Å². The number of hydrogen-bond donors (Lipinski definition) is 2. The molecule has 0 unspecified atom stereocenters. The van der Waals surface area contributed by atoms with Gasteiger partial charge < -0.3 is 29.0 Å². The summed E-state index contributed by atoms with van der Waals surface area (Å²) in [5.41, 5.74) is 1.66. The molecule has 4 atom stereocenters. The topological polar surface area (TPSA) is 94.7 Å². The minimum atomic E-state index is -1.94. The molecule has 180 valence electrons. The molecule has 3 aliphatic rings. The number of rotatable bonds is 1. The number of methoxy groups -OCH3 is 1. The molecule has 8 heteroatoms. The number of para-hydroxylation sites is 2. The lowest BCUT2D eigenvalue weighted by molar-refractivity contribution is -0.202. The van der Waals surface area contributed by atoms with Gasteiger partial charge in [-0.2, -0.15) is 0 Å². The van der Waals surface area contributed by atoms with Gasteiger partial charge in [0.1, 0.15) is 6.23 Å². The molecule has 8 nitrogen and oxygen atoms in total. The van der Waals surface area contributed by atoms with Gasteiger partial charge in [-0.25, -0.2) is 4.79 Å². The fraction of sp³-hybridized carbons (Fsp3) is 0.286. The summed E-state index contributed by atoms with van der Waals surface area (Å²) in [6.07, 6.45) is -0.639. The highest BCUT2D eigenvalue weighted by molar-refractivity contribution is 6.31. The third-order valence-corrected chi connectivity index (χ3v) is 8.65. The first kappa shape index (κ1) is 20.3. The SMILES string of the molecule is COC(=O)[C@@]1(O)C[C@H]2O[C@]1(C)n1c3ccccc3c3c4c(c5c6ccccc6n2c5c31)C(=O)N[C@@H]4C. The number of amides is 1. The van der Waals surface area contributed by atoms with E-state index in [1.165, 1.54) is 7.11 Å². The van der Waals surface area contributed by atoms with E-state index in [0.29, 0.717) is 5.56 Å². The molecule has 1 saturated heterocycles. The molecule has 2 N–H and O–H groups in total. The van der Waals surface area contributed by atoms with Crippen LogP contribution in [0, 0.1) is 0 Å². The Labute approximate surface area is 205 Å². The summed E-state index contributed by atoms with van der Waals surface area (Å²) in [6, 6.07) is 15.6. The van der Waals surface area contributed by atoms with Crippen LogP contribution in [0.5, 0.6) is 0 Å². The first-order chi connectivity index (χ1) is 17.3. The van der Waals surface area contributed by atoms with E-state index >= 15 is 0 Å². The van der Waals surface area contributed by atoms with E-state index in [0.717, 1.165) is 49.2 Å². The molecule has 1 fully saturated rings. The molecule has 0 radical (unpaired) electrons. The van der Waals surface area contributed by atoms with Crippen LogP contribution in [-0.4, -0.2) is 38.8 Å². The Balaban J connectivity index is 1.74. The van der Waals surface area contributed by atoms with E-state index in [1.54, 1.807) is 6.92 Å². The number of nitrogens with one attached hydrogen (secondary N) is 1. The van der Waals surface area contributed by atoms with Crippen LogP contribution in [0.4, 0.5) is 0 Å². The average Bonchev–Trinajstić information content (AvgIpc) is 3.54. The predicted molar refractivity (Wildman–Crippen MR) is 134 cm³/mol. The molecule has 3 aromatic carbocycles. The van der Waals surface area contributed by atoms with Gasteiger partial charge in [-0.15, -0.1) is 0 Å². The number of hydrogen-bond acceptors (Lipinski definition) is 5. The minimum Gasteiger partial charge on any atom is -0.467 e. The van der Waals surface area contributed by atoms with Gasteiger partial charge in [0, 0.05) is 28.0 Å². The fourth-order valence-electron chi connectivity index (χ4n) is 7.17. The number of nitrogens with zero attached hydrogens (tertiary/aromatic N) is 2. The Morgan fingerprint density at radius 3 is 2.47 bits per heavy atom. The van der Waals surface area contributed by atoms with Gasteiger partial charge in [-0.3, -0.25) is 4.79 Å². The molecule has 3 aliphatic heterocycles. The molecule has 2 bridgehead atoms. The summed E-state index contributed by atoms with van der Waals surface area (Å²) in [6.45, 7) is 3.76. The van der Waals surface area contributed by atoms with Crippen LogP contribution >= 0.6 is 0 Å².